The number of hydrogen-bond donors (Lipinski definition) is 1. The first-order valence-corrected chi connectivity index (χ1v) is 10.2. The van der Waals surface area contributed by atoms with Gasteiger partial charge in [-0.05, 0) is 37.1 Å². The van der Waals surface area contributed by atoms with E-state index in [9.17, 15) is 4.79 Å². The van der Waals surface area contributed by atoms with E-state index < -0.39 is 0 Å². The van der Waals surface area contributed by atoms with E-state index in [0.717, 1.165) is 37.1 Å². The van der Waals surface area contributed by atoms with Crippen LogP contribution in [0.4, 0.5) is 0 Å². The van der Waals surface area contributed by atoms with Gasteiger partial charge in [0.25, 0.3) is 0 Å². The lowest BCUT2D eigenvalue weighted by Crippen LogP contribution is -2.49. The summed E-state index contributed by atoms with van der Waals surface area (Å²) in [7, 11) is 0. The van der Waals surface area contributed by atoms with Gasteiger partial charge in [-0.2, -0.15) is 0 Å². The molecule has 140 valence electrons. The van der Waals surface area contributed by atoms with Crippen LogP contribution in [0.15, 0.2) is 36.4 Å². The predicted octanol–water partition coefficient (Wildman–Crippen LogP) is 3.70. The molecule has 0 bridgehead atoms. The highest BCUT2D eigenvalue weighted by molar-refractivity contribution is 7.16. The van der Waals surface area contributed by atoms with Gasteiger partial charge >= 0.3 is 0 Å². The Hall–Kier alpha value is -1.40. The van der Waals surface area contributed by atoms with Gasteiger partial charge in [-0.1, -0.05) is 35.9 Å². The van der Waals surface area contributed by atoms with Crippen LogP contribution in [-0.2, 0) is 11.3 Å². The van der Waals surface area contributed by atoms with E-state index in [1.165, 1.54) is 16.0 Å². The van der Waals surface area contributed by atoms with Crippen LogP contribution in [0.3, 0.4) is 0 Å². The second kappa shape index (κ2) is 9.00. The second-order valence-electron chi connectivity index (χ2n) is 6.90. The molecule has 1 unspecified atom stereocenters. The molecule has 4 nitrogen and oxygen atoms in total. The van der Waals surface area contributed by atoms with Crippen LogP contribution < -0.4 is 5.32 Å². The van der Waals surface area contributed by atoms with Crippen LogP contribution in [0, 0.1) is 6.92 Å². The fraction of sp³-hybridized carbons (Fsp3) is 0.450. The van der Waals surface area contributed by atoms with E-state index in [0.29, 0.717) is 6.54 Å². The minimum Gasteiger partial charge on any atom is -0.348 e. The van der Waals surface area contributed by atoms with Crippen LogP contribution in [0.5, 0.6) is 0 Å². The van der Waals surface area contributed by atoms with Gasteiger partial charge in [0.1, 0.15) is 0 Å². The van der Waals surface area contributed by atoms with E-state index in [4.69, 9.17) is 11.6 Å². The van der Waals surface area contributed by atoms with Crippen molar-refractivity contribution in [2.24, 2.45) is 0 Å². The summed E-state index contributed by atoms with van der Waals surface area (Å²) < 4.78 is 0.845. The Bertz CT molecular complexity index is 740. The summed E-state index contributed by atoms with van der Waals surface area (Å²) in [6.45, 7) is 9.35. The van der Waals surface area contributed by atoms with Crippen molar-refractivity contribution in [3.8, 4) is 0 Å². The SMILES string of the molecule is Cc1ccccc1C(C)NC(=O)CN1CCN(Cc2ccc(Cl)s2)CC1. The van der Waals surface area contributed by atoms with Gasteiger partial charge in [0, 0.05) is 37.6 Å². The standard InChI is InChI=1S/C20H26ClN3OS/c1-15-5-3-4-6-18(15)16(2)22-20(25)14-24-11-9-23(10-12-24)13-17-7-8-19(21)26-17/h3-8,16H,9-14H2,1-2H3,(H,22,25). The Morgan fingerprint density at radius 2 is 1.85 bits per heavy atom. The van der Waals surface area contributed by atoms with E-state index in [1.54, 1.807) is 11.3 Å². The molecular weight excluding hydrogens is 366 g/mol. The maximum atomic E-state index is 12.4. The number of hydrogen-bond acceptors (Lipinski definition) is 4. The molecule has 1 amide bonds. The molecule has 0 saturated carbocycles. The van der Waals surface area contributed by atoms with Gasteiger partial charge in [0.15, 0.2) is 0 Å². The number of nitrogens with one attached hydrogen (secondary N) is 1. The summed E-state index contributed by atoms with van der Waals surface area (Å²) in [5.41, 5.74) is 2.39. The fourth-order valence-corrected chi connectivity index (χ4v) is 4.53. The average Bonchev–Trinajstić information content (AvgIpc) is 3.01. The molecule has 0 radical (unpaired) electrons. The van der Waals surface area contributed by atoms with Crippen LogP contribution in [0.1, 0.15) is 29.0 Å². The van der Waals surface area contributed by atoms with Crippen LogP contribution >= 0.6 is 22.9 Å². The van der Waals surface area contributed by atoms with Gasteiger partial charge in [-0.3, -0.25) is 14.6 Å². The first-order chi connectivity index (χ1) is 12.5. The minimum absolute atomic E-state index is 0.0357. The lowest BCUT2D eigenvalue weighted by atomic mass is 10.0. The van der Waals surface area contributed by atoms with Gasteiger partial charge in [-0.25, -0.2) is 0 Å². The molecule has 1 N–H and O–H groups in total. The summed E-state index contributed by atoms with van der Waals surface area (Å²) in [6, 6.07) is 12.3. The zero-order valence-electron chi connectivity index (χ0n) is 15.4. The van der Waals surface area contributed by atoms with Gasteiger partial charge in [0.05, 0.1) is 16.9 Å². The van der Waals surface area contributed by atoms with Gasteiger partial charge in [0.2, 0.25) is 5.91 Å². The number of carbonyl (C=O) groups excluding carboxylic acids is 1. The lowest BCUT2D eigenvalue weighted by molar-refractivity contribution is -0.123. The van der Waals surface area contributed by atoms with Crippen molar-refractivity contribution in [1.82, 2.24) is 15.1 Å². The molecule has 2 heterocycles. The van der Waals surface area contributed by atoms with Crippen molar-refractivity contribution in [2.45, 2.75) is 26.4 Å². The van der Waals surface area contributed by atoms with Crippen LogP contribution in [0.2, 0.25) is 4.34 Å². The number of piperazine rings is 1. The predicted molar refractivity (Wildman–Crippen MR) is 109 cm³/mol. The van der Waals surface area contributed by atoms with E-state index in [1.807, 2.05) is 25.1 Å². The largest absolute Gasteiger partial charge is 0.348 e. The summed E-state index contributed by atoms with van der Waals surface area (Å²) in [5.74, 6) is 0.0965. The first-order valence-electron chi connectivity index (χ1n) is 9.05. The normalized spacial score (nSPS) is 17.2. The number of benzene rings is 1. The monoisotopic (exact) mass is 391 g/mol. The first kappa shape index (κ1) is 19.4. The molecule has 1 aromatic heterocycles. The Morgan fingerprint density at radius 1 is 1.15 bits per heavy atom. The minimum atomic E-state index is 0.0357. The molecule has 1 aromatic carbocycles. The number of amides is 1. The molecule has 1 fully saturated rings. The summed E-state index contributed by atoms with van der Waals surface area (Å²) in [5, 5.41) is 3.13. The Labute approximate surface area is 164 Å². The smallest absolute Gasteiger partial charge is 0.234 e. The number of rotatable bonds is 6. The maximum Gasteiger partial charge on any atom is 0.234 e. The van der Waals surface area contributed by atoms with Gasteiger partial charge < -0.3 is 5.32 Å². The number of nitrogens with zero attached hydrogens (tertiary/aromatic N) is 2. The molecule has 6 heteroatoms. The third-order valence-corrected chi connectivity index (χ3v) is 6.09. The fourth-order valence-electron chi connectivity index (χ4n) is 3.40. The highest BCUT2D eigenvalue weighted by atomic mass is 35.5. The topological polar surface area (TPSA) is 35.6 Å². The summed E-state index contributed by atoms with van der Waals surface area (Å²) in [6.07, 6.45) is 0. The third kappa shape index (κ3) is 5.30. The van der Waals surface area contributed by atoms with E-state index in [2.05, 4.69) is 40.2 Å². The quantitative estimate of drug-likeness (QED) is 0.815. The molecule has 26 heavy (non-hydrogen) atoms. The van der Waals surface area contributed by atoms with Crippen LogP contribution in [-0.4, -0.2) is 48.4 Å². The molecule has 0 aliphatic carbocycles. The van der Waals surface area contributed by atoms with Crippen molar-refractivity contribution in [2.75, 3.05) is 32.7 Å². The van der Waals surface area contributed by atoms with Crippen molar-refractivity contribution in [3.63, 3.8) is 0 Å². The molecule has 1 aliphatic heterocycles. The lowest BCUT2D eigenvalue weighted by Gasteiger charge is -2.34. The zero-order valence-corrected chi connectivity index (χ0v) is 16.9. The molecule has 0 spiro atoms. The third-order valence-electron chi connectivity index (χ3n) is 4.87. The molecule has 2 aromatic rings. The Morgan fingerprint density at radius 3 is 2.50 bits per heavy atom. The van der Waals surface area contributed by atoms with Crippen molar-refractivity contribution >= 4 is 28.8 Å². The molecule has 1 atom stereocenters. The highest BCUT2D eigenvalue weighted by Crippen LogP contribution is 2.23. The van der Waals surface area contributed by atoms with Crippen molar-refractivity contribution in [1.29, 1.82) is 0 Å². The summed E-state index contributed by atoms with van der Waals surface area (Å²) in [4.78, 5) is 18.4. The van der Waals surface area contributed by atoms with Crippen molar-refractivity contribution < 1.29 is 4.79 Å². The Balaban J connectivity index is 1.42. The molecule has 3 rings (SSSR count). The maximum absolute atomic E-state index is 12.4. The van der Waals surface area contributed by atoms with Crippen LogP contribution in [0.25, 0.3) is 0 Å². The summed E-state index contributed by atoms with van der Waals surface area (Å²) >= 11 is 7.65. The second-order valence-corrected chi connectivity index (χ2v) is 8.70. The molecule has 1 aliphatic rings. The van der Waals surface area contributed by atoms with Gasteiger partial charge in [-0.15, -0.1) is 11.3 Å². The highest BCUT2D eigenvalue weighted by Gasteiger charge is 2.20. The number of halogens is 1. The number of carbonyl (C=O) groups is 1. The molecule has 1 saturated heterocycles. The Kier molecular flexibility index (Phi) is 6.70. The van der Waals surface area contributed by atoms with Crippen molar-refractivity contribution in [3.05, 3.63) is 56.7 Å². The number of aryl methyl sites for hydroxylation is 1. The number of thiophene rings is 1. The zero-order chi connectivity index (χ0) is 18.5. The molecular formula is C20H26ClN3OS. The van der Waals surface area contributed by atoms with E-state index in [-0.39, 0.29) is 11.9 Å². The van der Waals surface area contributed by atoms with E-state index >= 15 is 0 Å². The average molecular weight is 392 g/mol.